The predicted molar refractivity (Wildman–Crippen MR) is 118 cm³/mol. The highest BCUT2D eigenvalue weighted by Crippen LogP contribution is 2.19. The van der Waals surface area contributed by atoms with Crippen LogP contribution in [0.3, 0.4) is 0 Å². The Kier molecular flexibility index (Phi) is 14.6. The van der Waals surface area contributed by atoms with Gasteiger partial charge in [0.15, 0.2) is 0 Å². The molecule has 0 aliphatic rings. The van der Waals surface area contributed by atoms with Crippen molar-refractivity contribution in [2.24, 2.45) is 5.92 Å². The summed E-state index contributed by atoms with van der Waals surface area (Å²) in [5.74, 6) is 0.488. The van der Waals surface area contributed by atoms with E-state index in [0.29, 0.717) is 5.92 Å². The molecule has 0 fully saturated rings. The number of unbranched alkanes of at least 4 members (excludes halogenated alkanes) is 1. The highest BCUT2D eigenvalue weighted by molar-refractivity contribution is 4.82. The first-order valence-corrected chi connectivity index (χ1v) is 11.3. The normalized spacial score (nSPS) is 16.9. The zero-order valence-corrected chi connectivity index (χ0v) is 20.1. The molecule has 0 heterocycles. The smallest absolute Gasteiger partial charge is 0.0838 e. The zero-order valence-electron chi connectivity index (χ0n) is 20.1. The molecular weight excluding hydrogens is 354 g/mol. The van der Waals surface area contributed by atoms with Gasteiger partial charge in [0.2, 0.25) is 0 Å². The molecule has 3 N–H and O–H groups in total. The first-order chi connectivity index (χ1) is 13.0. The van der Waals surface area contributed by atoms with Crippen LogP contribution in [0.15, 0.2) is 0 Å². The summed E-state index contributed by atoms with van der Waals surface area (Å²) in [6.07, 6.45) is 6.62. The lowest BCUT2D eigenvalue weighted by molar-refractivity contribution is -0.128. The van der Waals surface area contributed by atoms with Crippen LogP contribution in [0.5, 0.6) is 0 Å². The molecule has 0 bridgehead atoms. The van der Waals surface area contributed by atoms with E-state index in [0.717, 1.165) is 38.8 Å². The molecule has 0 aliphatic heterocycles. The average Bonchev–Trinajstić information content (AvgIpc) is 2.65. The average molecular weight is 404 g/mol. The second-order valence-corrected chi connectivity index (χ2v) is 9.30. The van der Waals surface area contributed by atoms with Crippen LogP contribution < -0.4 is 16.4 Å². The Morgan fingerprint density at radius 3 is 1.93 bits per heavy atom. The van der Waals surface area contributed by atoms with Gasteiger partial charge in [-0.15, -0.1) is 0 Å². The first-order valence-electron chi connectivity index (χ1n) is 11.3. The van der Waals surface area contributed by atoms with Crippen molar-refractivity contribution in [3.63, 3.8) is 0 Å². The summed E-state index contributed by atoms with van der Waals surface area (Å²) < 4.78 is 0. The SMILES string of the molecule is CCCCC(C)ONCCC(C)(CCNOC(C)C(C)C)NOC(C)(C)CC. The van der Waals surface area contributed by atoms with Crippen LogP contribution in [0, 0.1) is 5.92 Å². The molecule has 170 valence electrons. The second kappa shape index (κ2) is 14.7. The molecule has 0 saturated carbocycles. The van der Waals surface area contributed by atoms with Crippen LogP contribution in [0.4, 0.5) is 0 Å². The van der Waals surface area contributed by atoms with E-state index < -0.39 is 0 Å². The number of hydrogen-bond acceptors (Lipinski definition) is 6. The van der Waals surface area contributed by atoms with Gasteiger partial charge in [-0.25, -0.2) is 11.0 Å². The minimum Gasteiger partial charge on any atom is -0.299 e. The van der Waals surface area contributed by atoms with Gasteiger partial charge < -0.3 is 0 Å². The van der Waals surface area contributed by atoms with Crippen molar-refractivity contribution in [3.05, 3.63) is 0 Å². The molecule has 6 nitrogen and oxygen atoms in total. The quantitative estimate of drug-likeness (QED) is 0.223. The topological polar surface area (TPSA) is 63.8 Å². The van der Waals surface area contributed by atoms with Crippen LogP contribution in [0.25, 0.3) is 0 Å². The van der Waals surface area contributed by atoms with Gasteiger partial charge in [-0.3, -0.25) is 14.5 Å². The van der Waals surface area contributed by atoms with Crippen molar-refractivity contribution in [1.29, 1.82) is 0 Å². The maximum atomic E-state index is 6.00. The van der Waals surface area contributed by atoms with Gasteiger partial charge in [0.25, 0.3) is 0 Å². The summed E-state index contributed by atoms with van der Waals surface area (Å²) in [6, 6.07) is 0. The first kappa shape index (κ1) is 27.8. The van der Waals surface area contributed by atoms with Crippen molar-refractivity contribution in [2.75, 3.05) is 13.1 Å². The molecule has 0 rings (SSSR count). The molecule has 0 aromatic heterocycles. The fourth-order valence-electron chi connectivity index (χ4n) is 2.29. The van der Waals surface area contributed by atoms with Crippen LogP contribution in [-0.4, -0.2) is 36.4 Å². The van der Waals surface area contributed by atoms with Crippen molar-refractivity contribution in [2.45, 2.75) is 124 Å². The summed E-state index contributed by atoms with van der Waals surface area (Å²) >= 11 is 0. The number of nitrogens with one attached hydrogen (secondary N) is 3. The zero-order chi connectivity index (χ0) is 21.6. The van der Waals surface area contributed by atoms with Gasteiger partial charge in [0.1, 0.15) is 0 Å². The Morgan fingerprint density at radius 1 is 0.857 bits per heavy atom. The molecule has 3 atom stereocenters. The van der Waals surface area contributed by atoms with Gasteiger partial charge >= 0.3 is 0 Å². The molecule has 0 aromatic carbocycles. The number of hydrogen-bond donors (Lipinski definition) is 3. The molecule has 6 heteroatoms. The van der Waals surface area contributed by atoms with E-state index in [-0.39, 0.29) is 23.3 Å². The monoisotopic (exact) mass is 403 g/mol. The van der Waals surface area contributed by atoms with E-state index in [1.54, 1.807) is 0 Å². The van der Waals surface area contributed by atoms with Gasteiger partial charge in [0, 0.05) is 18.6 Å². The maximum absolute atomic E-state index is 6.00. The van der Waals surface area contributed by atoms with Gasteiger partial charge in [-0.1, -0.05) is 40.5 Å². The third-order valence-electron chi connectivity index (χ3n) is 5.44. The molecular formula is C22H49N3O3. The lowest BCUT2D eigenvalue weighted by Crippen LogP contribution is -2.49. The molecule has 0 aliphatic carbocycles. The lowest BCUT2D eigenvalue weighted by Gasteiger charge is -2.35. The molecule has 0 spiro atoms. The second-order valence-electron chi connectivity index (χ2n) is 9.30. The fraction of sp³-hybridized carbons (Fsp3) is 1.00. The van der Waals surface area contributed by atoms with Crippen molar-refractivity contribution in [3.8, 4) is 0 Å². The molecule has 0 aromatic rings. The highest BCUT2D eigenvalue weighted by Gasteiger charge is 2.27. The van der Waals surface area contributed by atoms with E-state index in [1.807, 2.05) is 0 Å². The molecule has 0 saturated heterocycles. The Balaban J connectivity index is 4.46. The van der Waals surface area contributed by atoms with Gasteiger partial charge in [0.05, 0.1) is 17.8 Å². The Bertz CT molecular complexity index is 380. The number of hydroxylamine groups is 3. The molecule has 28 heavy (non-hydrogen) atoms. The van der Waals surface area contributed by atoms with Crippen LogP contribution in [0.2, 0.25) is 0 Å². The number of rotatable bonds is 18. The third kappa shape index (κ3) is 13.9. The van der Waals surface area contributed by atoms with E-state index >= 15 is 0 Å². The summed E-state index contributed by atoms with van der Waals surface area (Å²) in [5, 5.41) is 0. The van der Waals surface area contributed by atoms with Gasteiger partial charge in [-0.2, -0.15) is 5.48 Å². The maximum Gasteiger partial charge on any atom is 0.0838 e. The van der Waals surface area contributed by atoms with E-state index in [9.17, 15) is 0 Å². The summed E-state index contributed by atoms with van der Waals surface area (Å²) in [7, 11) is 0. The summed E-state index contributed by atoms with van der Waals surface area (Å²) in [6.45, 7) is 20.8. The standard InChI is InChI=1S/C22H49N3O3/c1-10-12-13-19(5)26-23-16-14-22(9,25-28-21(7,8)11-2)15-17-24-27-20(6)18(3)4/h18-20,23-25H,10-17H2,1-9H3. The fourth-order valence-corrected chi connectivity index (χ4v) is 2.29. The van der Waals surface area contributed by atoms with Gasteiger partial charge in [-0.05, 0) is 66.2 Å². The van der Waals surface area contributed by atoms with Crippen LogP contribution in [0.1, 0.15) is 101 Å². The molecule has 0 radical (unpaired) electrons. The molecule has 0 amide bonds. The summed E-state index contributed by atoms with van der Waals surface area (Å²) in [4.78, 5) is 17.4. The highest BCUT2D eigenvalue weighted by atomic mass is 16.7. The Morgan fingerprint density at radius 2 is 1.43 bits per heavy atom. The Labute approximate surface area is 174 Å². The largest absolute Gasteiger partial charge is 0.299 e. The van der Waals surface area contributed by atoms with Crippen LogP contribution in [-0.2, 0) is 14.5 Å². The van der Waals surface area contributed by atoms with Crippen molar-refractivity contribution >= 4 is 0 Å². The van der Waals surface area contributed by atoms with E-state index in [2.05, 4.69) is 78.8 Å². The van der Waals surface area contributed by atoms with E-state index in [1.165, 1.54) is 12.8 Å². The molecule has 3 unspecified atom stereocenters. The van der Waals surface area contributed by atoms with E-state index in [4.69, 9.17) is 14.5 Å². The Hall–Kier alpha value is -0.240. The lowest BCUT2D eigenvalue weighted by atomic mass is 9.94. The van der Waals surface area contributed by atoms with Crippen molar-refractivity contribution < 1.29 is 14.5 Å². The van der Waals surface area contributed by atoms with Crippen molar-refractivity contribution in [1.82, 2.24) is 16.4 Å². The van der Waals surface area contributed by atoms with Crippen LogP contribution >= 0.6 is 0 Å². The third-order valence-corrected chi connectivity index (χ3v) is 5.44. The minimum absolute atomic E-state index is 0.188. The minimum atomic E-state index is -0.198. The predicted octanol–water partition coefficient (Wildman–Crippen LogP) is 4.90. The summed E-state index contributed by atoms with van der Waals surface area (Å²) in [5.41, 5.74) is 9.20.